The van der Waals surface area contributed by atoms with Crippen molar-refractivity contribution in [1.29, 1.82) is 0 Å². The second kappa shape index (κ2) is 4.96. The van der Waals surface area contributed by atoms with Crippen molar-refractivity contribution in [2.75, 3.05) is 6.54 Å². The molecule has 2 rings (SSSR count). The van der Waals surface area contributed by atoms with Crippen LogP contribution in [0.5, 0.6) is 0 Å². The molecule has 0 saturated carbocycles. The van der Waals surface area contributed by atoms with E-state index in [1.54, 1.807) is 12.4 Å². The summed E-state index contributed by atoms with van der Waals surface area (Å²) in [6.07, 6.45) is 4.19. The van der Waals surface area contributed by atoms with Crippen LogP contribution in [0.4, 0.5) is 0 Å². The van der Waals surface area contributed by atoms with E-state index in [0.717, 1.165) is 12.0 Å². The van der Waals surface area contributed by atoms with E-state index in [1.807, 2.05) is 12.1 Å². The Bertz CT molecular complexity index is 440. The van der Waals surface area contributed by atoms with E-state index in [-0.39, 0.29) is 11.7 Å². The number of H-pyrrole nitrogens is 1. The summed E-state index contributed by atoms with van der Waals surface area (Å²) >= 11 is 0. The number of aromatic amines is 1. The fourth-order valence-electron chi connectivity index (χ4n) is 1.20. The fraction of sp³-hybridized carbons (Fsp3) is 0.222. The zero-order valence-corrected chi connectivity index (χ0v) is 8.42. The van der Waals surface area contributed by atoms with Crippen LogP contribution in [-0.4, -0.2) is 38.1 Å². The molecule has 2 aromatic rings. The van der Waals surface area contributed by atoms with Gasteiger partial charge in [0.2, 0.25) is 0 Å². The minimum atomic E-state index is -0.336. The first-order valence-electron chi connectivity index (χ1n) is 4.77. The highest BCUT2D eigenvalue weighted by atomic mass is 16.2. The predicted molar refractivity (Wildman–Crippen MR) is 54.5 cm³/mol. The molecule has 0 radical (unpaired) electrons. The highest BCUT2D eigenvalue weighted by Gasteiger charge is 2.08. The quantitative estimate of drug-likeness (QED) is 0.725. The maximum Gasteiger partial charge on any atom is 0.292 e. The van der Waals surface area contributed by atoms with E-state index in [9.17, 15) is 4.79 Å². The van der Waals surface area contributed by atoms with Gasteiger partial charge in [0.15, 0.2) is 0 Å². The molecule has 0 bridgehead atoms. The third kappa shape index (κ3) is 2.59. The first-order valence-corrected chi connectivity index (χ1v) is 4.77. The smallest absolute Gasteiger partial charge is 0.292 e. The van der Waals surface area contributed by atoms with Crippen molar-refractivity contribution in [2.24, 2.45) is 0 Å². The van der Waals surface area contributed by atoms with Gasteiger partial charge in [-0.3, -0.25) is 9.78 Å². The molecule has 7 heteroatoms. The maximum atomic E-state index is 11.4. The largest absolute Gasteiger partial charge is 0.349 e. The lowest BCUT2D eigenvalue weighted by Crippen LogP contribution is -2.26. The van der Waals surface area contributed by atoms with Gasteiger partial charge in [-0.25, -0.2) is 0 Å². The Morgan fingerprint density at radius 2 is 2.44 bits per heavy atom. The molecule has 0 spiro atoms. The van der Waals surface area contributed by atoms with Gasteiger partial charge >= 0.3 is 0 Å². The third-order valence-corrected chi connectivity index (χ3v) is 1.97. The van der Waals surface area contributed by atoms with Crippen molar-refractivity contribution in [3.8, 4) is 0 Å². The Labute approximate surface area is 91.3 Å². The Morgan fingerprint density at radius 1 is 1.50 bits per heavy atom. The molecule has 0 unspecified atom stereocenters. The van der Waals surface area contributed by atoms with Crippen LogP contribution in [0.3, 0.4) is 0 Å². The summed E-state index contributed by atoms with van der Waals surface area (Å²) < 4.78 is 0. The number of rotatable bonds is 4. The second-order valence-electron chi connectivity index (χ2n) is 3.10. The molecular weight excluding hydrogens is 208 g/mol. The lowest BCUT2D eigenvalue weighted by molar-refractivity contribution is 0.0944. The van der Waals surface area contributed by atoms with Crippen LogP contribution >= 0.6 is 0 Å². The van der Waals surface area contributed by atoms with Gasteiger partial charge in [-0.15, -0.1) is 10.2 Å². The monoisotopic (exact) mass is 218 g/mol. The van der Waals surface area contributed by atoms with Gasteiger partial charge in [0.25, 0.3) is 11.7 Å². The average molecular weight is 218 g/mol. The third-order valence-electron chi connectivity index (χ3n) is 1.97. The lowest BCUT2D eigenvalue weighted by Gasteiger charge is -2.01. The van der Waals surface area contributed by atoms with Crippen LogP contribution in [-0.2, 0) is 6.42 Å². The van der Waals surface area contributed by atoms with Crippen molar-refractivity contribution in [2.45, 2.75) is 6.42 Å². The number of carbonyl (C=O) groups excluding carboxylic acids is 1. The van der Waals surface area contributed by atoms with Crippen molar-refractivity contribution in [3.63, 3.8) is 0 Å². The molecule has 2 N–H and O–H groups in total. The average Bonchev–Trinajstić information content (AvgIpc) is 2.84. The van der Waals surface area contributed by atoms with Gasteiger partial charge in [0.05, 0.1) is 0 Å². The maximum absolute atomic E-state index is 11.4. The van der Waals surface area contributed by atoms with Crippen LogP contribution in [0.2, 0.25) is 0 Å². The summed E-state index contributed by atoms with van der Waals surface area (Å²) in [5, 5.41) is 15.3. The van der Waals surface area contributed by atoms with Gasteiger partial charge in [0.1, 0.15) is 0 Å². The van der Waals surface area contributed by atoms with Crippen molar-refractivity contribution >= 4 is 5.91 Å². The molecule has 0 fully saturated rings. The normalized spacial score (nSPS) is 10.0. The van der Waals surface area contributed by atoms with Crippen molar-refractivity contribution < 1.29 is 4.79 Å². The molecule has 0 aromatic carbocycles. The van der Waals surface area contributed by atoms with Gasteiger partial charge in [-0.2, -0.15) is 5.21 Å². The summed E-state index contributed by atoms with van der Waals surface area (Å²) in [7, 11) is 0. The number of nitrogens with one attached hydrogen (secondary N) is 2. The van der Waals surface area contributed by atoms with Crippen LogP contribution in [0.1, 0.15) is 16.2 Å². The molecule has 0 aliphatic carbocycles. The Kier molecular flexibility index (Phi) is 3.17. The zero-order valence-electron chi connectivity index (χ0n) is 8.42. The summed E-state index contributed by atoms with van der Waals surface area (Å²) in [5.41, 5.74) is 1.07. The van der Waals surface area contributed by atoms with Gasteiger partial charge in [-0.1, -0.05) is 6.07 Å². The number of tetrazole rings is 1. The fourth-order valence-corrected chi connectivity index (χ4v) is 1.20. The summed E-state index contributed by atoms with van der Waals surface area (Å²) in [5.74, 6) is -0.288. The molecular formula is C9H10N6O. The molecule has 2 heterocycles. The highest BCUT2D eigenvalue weighted by Crippen LogP contribution is 1.95. The molecule has 7 nitrogen and oxygen atoms in total. The predicted octanol–water partition coefficient (Wildman–Crippen LogP) is -0.433. The highest BCUT2D eigenvalue weighted by molar-refractivity contribution is 5.89. The number of hydrogen-bond acceptors (Lipinski definition) is 5. The second-order valence-corrected chi connectivity index (χ2v) is 3.10. The van der Waals surface area contributed by atoms with E-state index in [0.29, 0.717) is 6.54 Å². The van der Waals surface area contributed by atoms with Crippen LogP contribution in [0, 0.1) is 0 Å². The number of hydrogen-bond donors (Lipinski definition) is 2. The Morgan fingerprint density at radius 3 is 3.12 bits per heavy atom. The standard InChI is InChI=1S/C9H10N6O/c16-9(8-12-14-15-13-8)11-5-3-7-2-1-4-10-6-7/h1-2,4,6H,3,5H2,(H,11,16)(H,12,13,14,15). The molecule has 0 saturated heterocycles. The van der Waals surface area contributed by atoms with Crippen LogP contribution in [0.15, 0.2) is 24.5 Å². The number of amides is 1. The van der Waals surface area contributed by atoms with E-state index in [1.165, 1.54) is 0 Å². The first-order chi connectivity index (χ1) is 7.86. The number of aromatic nitrogens is 5. The Balaban J connectivity index is 1.79. The lowest BCUT2D eigenvalue weighted by atomic mass is 10.2. The van der Waals surface area contributed by atoms with Gasteiger partial charge in [-0.05, 0) is 23.3 Å². The van der Waals surface area contributed by atoms with E-state index in [4.69, 9.17) is 0 Å². The molecule has 2 aromatic heterocycles. The van der Waals surface area contributed by atoms with Gasteiger partial charge < -0.3 is 5.32 Å². The van der Waals surface area contributed by atoms with Gasteiger partial charge in [0, 0.05) is 18.9 Å². The van der Waals surface area contributed by atoms with E-state index >= 15 is 0 Å². The van der Waals surface area contributed by atoms with Crippen molar-refractivity contribution in [3.05, 3.63) is 35.9 Å². The summed E-state index contributed by atoms with van der Waals surface area (Å²) in [6, 6.07) is 3.81. The zero-order chi connectivity index (χ0) is 11.2. The molecule has 16 heavy (non-hydrogen) atoms. The minimum Gasteiger partial charge on any atom is -0.349 e. The molecule has 0 atom stereocenters. The number of carbonyl (C=O) groups is 1. The summed E-state index contributed by atoms with van der Waals surface area (Å²) in [6.45, 7) is 0.513. The molecule has 82 valence electrons. The number of pyridine rings is 1. The molecule has 1 amide bonds. The molecule has 0 aliphatic heterocycles. The van der Waals surface area contributed by atoms with E-state index in [2.05, 4.69) is 30.9 Å². The van der Waals surface area contributed by atoms with Crippen molar-refractivity contribution in [1.82, 2.24) is 30.9 Å². The number of nitrogens with zero attached hydrogens (tertiary/aromatic N) is 4. The topological polar surface area (TPSA) is 96.5 Å². The SMILES string of the molecule is O=C(NCCc1cccnc1)c1nn[nH]n1. The Hall–Kier alpha value is -2.31. The van der Waals surface area contributed by atoms with E-state index < -0.39 is 0 Å². The van der Waals surface area contributed by atoms with Crippen LogP contribution in [0.25, 0.3) is 0 Å². The minimum absolute atomic E-state index is 0.0474. The molecule has 0 aliphatic rings. The first kappa shape index (κ1) is 10.2. The summed E-state index contributed by atoms with van der Waals surface area (Å²) in [4.78, 5) is 15.4. The van der Waals surface area contributed by atoms with Crippen LogP contribution < -0.4 is 5.32 Å².